The fraction of sp³-hybridized carbons (Fsp3) is 0.625. The number of carbonyl (C=O) groups excluding carboxylic acids is 1. The lowest BCUT2D eigenvalue weighted by Crippen LogP contribution is -2.27. The van der Waals surface area contributed by atoms with Gasteiger partial charge in [0, 0.05) is 5.92 Å². The van der Waals surface area contributed by atoms with Gasteiger partial charge in [0.25, 0.3) is 0 Å². The summed E-state index contributed by atoms with van der Waals surface area (Å²) in [6, 6.07) is 0. The molecule has 0 aromatic heterocycles. The second-order valence-corrected chi connectivity index (χ2v) is 3.86. The Morgan fingerprint density at radius 1 is 1.45 bits per heavy atom. The lowest BCUT2D eigenvalue weighted by atomic mass is 9.90. The summed E-state index contributed by atoms with van der Waals surface area (Å²) in [5.41, 5.74) is 0. The Labute approximate surface area is 76.4 Å². The van der Waals surface area contributed by atoms with Crippen LogP contribution in [-0.2, 0) is 4.79 Å². The van der Waals surface area contributed by atoms with E-state index >= 15 is 0 Å². The first-order chi connectivity index (χ1) is 5.11. The van der Waals surface area contributed by atoms with Crippen LogP contribution in [0.25, 0.3) is 0 Å². The normalized spacial score (nSPS) is 37.2. The number of hydrogen-bond donors (Lipinski definition) is 0. The van der Waals surface area contributed by atoms with Gasteiger partial charge in [-0.1, -0.05) is 12.2 Å². The van der Waals surface area contributed by atoms with E-state index in [1.807, 2.05) is 6.08 Å². The first-order valence-electron chi connectivity index (χ1n) is 3.58. The predicted molar refractivity (Wildman–Crippen MR) is 47.2 cm³/mol. The minimum Gasteiger partial charge on any atom is -0.300 e. The summed E-state index contributed by atoms with van der Waals surface area (Å²) in [5.74, 6) is 0.0316. The molecule has 0 bridgehead atoms. The number of hydrogen-bond acceptors (Lipinski definition) is 1. The van der Waals surface area contributed by atoms with Crippen molar-refractivity contribution < 1.29 is 4.79 Å². The van der Waals surface area contributed by atoms with Crippen LogP contribution in [-0.4, -0.2) is 16.5 Å². The van der Waals surface area contributed by atoms with E-state index in [1.54, 1.807) is 13.0 Å². The zero-order valence-corrected chi connectivity index (χ0v) is 7.77. The first-order valence-corrected chi connectivity index (χ1v) is 4.45. The minimum atomic E-state index is -0.164. The highest BCUT2D eigenvalue weighted by molar-refractivity contribution is 6.25. The smallest absolute Gasteiger partial charge is 0.134 e. The summed E-state index contributed by atoms with van der Waals surface area (Å²) in [6.45, 7) is 1.56. The Kier molecular flexibility index (Phi) is 2.97. The molecule has 1 nitrogen and oxygen atoms in total. The summed E-state index contributed by atoms with van der Waals surface area (Å²) < 4.78 is 0. The van der Waals surface area contributed by atoms with Gasteiger partial charge in [0.1, 0.15) is 5.78 Å². The van der Waals surface area contributed by atoms with Crippen LogP contribution >= 0.6 is 23.2 Å². The molecule has 1 aliphatic carbocycles. The van der Waals surface area contributed by atoms with E-state index in [1.165, 1.54) is 0 Å². The average molecular weight is 193 g/mol. The van der Waals surface area contributed by atoms with Gasteiger partial charge in [-0.2, -0.15) is 0 Å². The second-order valence-electron chi connectivity index (χ2n) is 2.80. The number of alkyl halides is 2. The van der Waals surface area contributed by atoms with E-state index in [4.69, 9.17) is 23.2 Å². The molecule has 0 spiro atoms. The molecule has 0 saturated carbocycles. The fourth-order valence-electron chi connectivity index (χ4n) is 1.20. The van der Waals surface area contributed by atoms with Crippen LogP contribution in [0.15, 0.2) is 12.2 Å². The summed E-state index contributed by atoms with van der Waals surface area (Å²) in [5, 5.41) is -0.193. The first kappa shape index (κ1) is 9.08. The van der Waals surface area contributed by atoms with Crippen molar-refractivity contribution in [3.63, 3.8) is 0 Å². The lowest BCUT2D eigenvalue weighted by Gasteiger charge is -2.22. The molecule has 0 aromatic rings. The number of halogens is 2. The van der Waals surface area contributed by atoms with Crippen molar-refractivity contribution in [1.82, 2.24) is 0 Å². The number of carbonyl (C=O) groups is 1. The Bertz CT molecular complexity index is 189. The molecule has 0 aliphatic heterocycles. The monoisotopic (exact) mass is 192 g/mol. The van der Waals surface area contributed by atoms with Crippen LogP contribution in [0, 0.1) is 5.92 Å². The lowest BCUT2D eigenvalue weighted by molar-refractivity contribution is -0.120. The highest BCUT2D eigenvalue weighted by Crippen LogP contribution is 2.27. The molecule has 11 heavy (non-hydrogen) atoms. The van der Waals surface area contributed by atoms with E-state index < -0.39 is 0 Å². The largest absolute Gasteiger partial charge is 0.300 e. The SMILES string of the molecule is CC(=O)C1CC(Cl)C=CC1Cl. The van der Waals surface area contributed by atoms with Gasteiger partial charge in [-0.05, 0) is 13.3 Å². The zero-order valence-electron chi connectivity index (χ0n) is 6.26. The Hall–Kier alpha value is -0.0100. The molecule has 1 aliphatic rings. The molecule has 62 valence electrons. The molecule has 3 heteroatoms. The third kappa shape index (κ3) is 2.21. The molecule has 1 rings (SSSR count). The number of Topliss-reactive ketones (excluding diaryl/α,β-unsaturated/α-hetero) is 1. The van der Waals surface area contributed by atoms with Crippen molar-refractivity contribution in [1.29, 1.82) is 0 Å². The molecule has 0 amide bonds. The van der Waals surface area contributed by atoms with Crippen molar-refractivity contribution >= 4 is 29.0 Å². The van der Waals surface area contributed by atoms with E-state index in [0.29, 0.717) is 6.42 Å². The molecular weight excluding hydrogens is 183 g/mol. The molecule has 3 atom stereocenters. The van der Waals surface area contributed by atoms with Crippen LogP contribution in [0.1, 0.15) is 13.3 Å². The topological polar surface area (TPSA) is 17.1 Å². The van der Waals surface area contributed by atoms with Crippen molar-refractivity contribution in [2.45, 2.75) is 24.1 Å². The molecule has 0 radical (unpaired) electrons. The number of ketones is 1. The van der Waals surface area contributed by atoms with Crippen LogP contribution in [0.4, 0.5) is 0 Å². The van der Waals surface area contributed by atoms with Gasteiger partial charge in [-0.25, -0.2) is 0 Å². The molecule has 0 fully saturated rings. The number of rotatable bonds is 1. The maximum atomic E-state index is 11.0. The van der Waals surface area contributed by atoms with Crippen molar-refractivity contribution in [3.8, 4) is 0 Å². The van der Waals surface area contributed by atoms with Gasteiger partial charge in [0.05, 0.1) is 10.8 Å². The van der Waals surface area contributed by atoms with Crippen molar-refractivity contribution in [2.75, 3.05) is 0 Å². The predicted octanol–water partition coefficient (Wildman–Crippen LogP) is 2.37. The van der Waals surface area contributed by atoms with Crippen LogP contribution in [0.5, 0.6) is 0 Å². The summed E-state index contributed by atoms with van der Waals surface area (Å²) in [7, 11) is 0. The maximum Gasteiger partial charge on any atom is 0.134 e. The Morgan fingerprint density at radius 2 is 2.09 bits per heavy atom. The number of allylic oxidation sites excluding steroid dienone is 2. The molecule has 0 heterocycles. The molecule has 3 unspecified atom stereocenters. The van der Waals surface area contributed by atoms with Gasteiger partial charge in [-0.3, -0.25) is 4.79 Å². The van der Waals surface area contributed by atoms with Crippen LogP contribution < -0.4 is 0 Å². The van der Waals surface area contributed by atoms with E-state index in [-0.39, 0.29) is 22.5 Å². The minimum absolute atomic E-state index is 0.0288. The molecule has 0 aromatic carbocycles. The second kappa shape index (κ2) is 3.59. The fourth-order valence-corrected chi connectivity index (χ4v) is 1.84. The van der Waals surface area contributed by atoms with Crippen LogP contribution in [0.2, 0.25) is 0 Å². The quantitative estimate of drug-likeness (QED) is 0.461. The van der Waals surface area contributed by atoms with Gasteiger partial charge >= 0.3 is 0 Å². The van der Waals surface area contributed by atoms with Gasteiger partial charge < -0.3 is 0 Å². The highest BCUT2D eigenvalue weighted by atomic mass is 35.5. The average Bonchev–Trinajstić information content (AvgIpc) is 1.94. The van der Waals surface area contributed by atoms with Crippen LogP contribution in [0.3, 0.4) is 0 Å². The standard InChI is InChI=1S/C8H10Cl2O/c1-5(11)7-4-6(9)2-3-8(7)10/h2-3,6-8H,4H2,1H3. The van der Waals surface area contributed by atoms with Crippen molar-refractivity contribution in [3.05, 3.63) is 12.2 Å². The molecule has 0 N–H and O–H groups in total. The zero-order chi connectivity index (χ0) is 8.43. The summed E-state index contributed by atoms with van der Waals surface area (Å²) in [6.07, 6.45) is 4.31. The summed E-state index contributed by atoms with van der Waals surface area (Å²) >= 11 is 11.7. The Morgan fingerprint density at radius 3 is 2.55 bits per heavy atom. The van der Waals surface area contributed by atoms with E-state index in [9.17, 15) is 4.79 Å². The van der Waals surface area contributed by atoms with E-state index in [0.717, 1.165) is 0 Å². The third-order valence-electron chi connectivity index (χ3n) is 1.89. The van der Waals surface area contributed by atoms with E-state index in [2.05, 4.69) is 0 Å². The van der Waals surface area contributed by atoms with Gasteiger partial charge in [0.2, 0.25) is 0 Å². The molecule has 0 saturated heterocycles. The Balaban J connectivity index is 2.68. The highest BCUT2D eigenvalue weighted by Gasteiger charge is 2.27. The molecular formula is C8H10Cl2O. The summed E-state index contributed by atoms with van der Waals surface area (Å²) in [4.78, 5) is 11.0. The van der Waals surface area contributed by atoms with Crippen molar-refractivity contribution in [2.24, 2.45) is 5.92 Å². The van der Waals surface area contributed by atoms with Gasteiger partial charge in [0.15, 0.2) is 0 Å². The third-order valence-corrected chi connectivity index (χ3v) is 2.66. The van der Waals surface area contributed by atoms with Gasteiger partial charge in [-0.15, -0.1) is 23.2 Å². The maximum absolute atomic E-state index is 11.0.